The number of carbonyl (C=O) groups excluding carboxylic acids is 1. The largest absolute Gasteiger partial charge is 0.352 e. The topological polar surface area (TPSA) is 37.3 Å². The van der Waals surface area contributed by atoms with Crippen LogP contribution in [-0.2, 0) is 18.4 Å². The Morgan fingerprint density at radius 1 is 1.26 bits per heavy atom. The third-order valence-electron chi connectivity index (χ3n) is 4.18. The summed E-state index contributed by atoms with van der Waals surface area (Å²) in [6.45, 7) is 7.32. The number of aromatic nitrogens is 1. The highest BCUT2D eigenvalue weighted by atomic mass is 16.2. The van der Waals surface area contributed by atoms with Gasteiger partial charge < -0.3 is 14.8 Å². The zero-order valence-electron chi connectivity index (χ0n) is 12.3. The monoisotopic (exact) mass is 263 g/mol. The van der Waals surface area contributed by atoms with Gasteiger partial charge in [0.05, 0.1) is 6.54 Å². The Kier molecular flexibility index (Phi) is 4.64. The van der Waals surface area contributed by atoms with E-state index in [1.807, 2.05) is 4.90 Å². The van der Waals surface area contributed by atoms with Gasteiger partial charge in [-0.3, -0.25) is 4.79 Å². The van der Waals surface area contributed by atoms with E-state index in [9.17, 15) is 4.79 Å². The second-order valence-corrected chi connectivity index (χ2v) is 5.50. The van der Waals surface area contributed by atoms with Crippen molar-refractivity contribution in [2.45, 2.75) is 39.7 Å². The predicted molar refractivity (Wildman–Crippen MR) is 77.0 cm³/mol. The van der Waals surface area contributed by atoms with Crippen LogP contribution in [0, 0.1) is 13.8 Å². The van der Waals surface area contributed by atoms with E-state index in [1.54, 1.807) is 0 Å². The summed E-state index contributed by atoms with van der Waals surface area (Å²) < 4.78 is 2.18. The van der Waals surface area contributed by atoms with E-state index in [2.05, 4.69) is 36.8 Å². The van der Waals surface area contributed by atoms with Crippen molar-refractivity contribution in [2.75, 3.05) is 19.6 Å². The lowest BCUT2D eigenvalue weighted by atomic mass is 10.1. The number of hydrogen-bond acceptors (Lipinski definition) is 2. The van der Waals surface area contributed by atoms with E-state index in [0.29, 0.717) is 6.54 Å². The first-order valence-corrected chi connectivity index (χ1v) is 7.20. The average molecular weight is 263 g/mol. The maximum absolute atomic E-state index is 12.0. The molecule has 106 valence electrons. The van der Waals surface area contributed by atoms with E-state index >= 15 is 0 Å². The molecule has 4 nitrogen and oxygen atoms in total. The van der Waals surface area contributed by atoms with E-state index < -0.39 is 0 Å². The fourth-order valence-electron chi connectivity index (χ4n) is 2.67. The zero-order valence-corrected chi connectivity index (χ0v) is 12.3. The molecule has 2 rings (SSSR count). The predicted octanol–water partition coefficient (Wildman–Crippen LogP) is 1.74. The molecular weight excluding hydrogens is 238 g/mol. The quantitative estimate of drug-likeness (QED) is 0.898. The second-order valence-electron chi connectivity index (χ2n) is 5.50. The second kappa shape index (κ2) is 6.24. The number of hydrogen-bond donors (Lipinski definition) is 1. The van der Waals surface area contributed by atoms with Crippen LogP contribution in [0.4, 0.5) is 0 Å². The number of amides is 1. The van der Waals surface area contributed by atoms with Gasteiger partial charge in [0.1, 0.15) is 0 Å². The number of carbonyl (C=O) groups is 1. The van der Waals surface area contributed by atoms with Crippen molar-refractivity contribution in [2.24, 2.45) is 7.05 Å². The van der Waals surface area contributed by atoms with Crippen molar-refractivity contribution in [1.29, 1.82) is 0 Å². The summed E-state index contributed by atoms with van der Waals surface area (Å²) in [6.07, 6.45) is 3.57. The van der Waals surface area contributed by atoms with E-state index in [0.717, 1.165) is 32.5 Å². The highest BCUT2D eigenvalue weighted by molar-refractivity contribution is 5.78. The van der Waals surface area contributed by atoms with Crippen molar-refractivity contribution >= 4 is 5.91 Å². The van der Waals surface area contributed by atoms with E-state index in [-0.39, 0.29) is 5.91 Å². The van der Waals surface area contributed by atoms with Crippen LogP contribution in [-0.4, -0.2) is 35.0 Å². The van der Waals surface area contributed by atoms with Gasteiger partial charge in [-0.25, -0.2) is 0 Å². The van der Waals surface area contributed by atoms with Crippen molar-refractivity contribution < 1.29 is 4.79 Å². The minimum atomic E-state index is 0.241. The molecule has 1 N–H and O–H groups in total. The molecule has 1 aromatic rings. The molecule has 2 heterocycles. The van der Waals surface area contributed by atoms with Gasteiger partial charge in [-0.05, 0) is 44.7 Å². The summed E-state index contributed by atoms with van der Waals surface area (Å²) in [6, 6.07) is 2.19. The van der Waals surface area contributed by atoms with Crippen LogP contribution in [0.3, 0.4) is 0 Å². The molecule has 4 heteroatoms. The molecule has 1 saturated heterocycles. The standard InChI is InChI=1S/C15H25N3O/c1-12-9-14(13(2)17(12)3)10-16-11-15(19)18-7-5-4-6-8-18/h9,16H,4-8,10-11H2,1-3H3. The van der Waals surface area contributed by atoms with Gasteiger partial charge in [0.2, 0.25) is 5.91 Å². The third kappa shape index (κ3) is 3.38. The number of nitrogens with one attached hydrogen (secondary N) is 1. The zero-order chi connectivity index (χ0) is 13.8. The summed E-state index contributed by atoms with van der Waals surface area (Å²) in [5.41, 5.74) is 3.82. The van der Waals surface area contributed by atoms with Gasteiger partial charge in [-0.1, -0.05) is 0 Å². The van der Waals surface area contributed by atoms with Crippen LogP contribution >= 0.6 is 0 Å². The van der Waals surface area contributed by atoms with Gasteiger partial charge in [-0.2, -0.15) is 0 Å². The summed E-state index contributed by atoms with van der Waals surface area (Å²) in [5.74, 6) is 0.241. The molecule has 0 aliphatic carbocycles. The lowest BCUT2D eigenvalue weighted by molar-refractivity contribution is -0.131. The number of nitrogens with zero attached hydrogens (tertiary/aromatic N) is 2. The van der Waals surface area contributed by atoms with Crippen LogP contribution in [0.25, 0.3) is 0 Å². The Hall–Kier alpha value is -1.29. The van der Waals surface area contributed by atoms with Gasteiger partial charge in [-0.15, -0.1) is 0 Å². The molecule has 1 amide bonds. The van der Waals surface area contributed by atoms with Crippen molar-refractivity contribution in [3.05, 3.63) is 23.0 Å². The van der Waals surface area contributed by atoms with Crippen molar-refractivity contribution in [1.82, 2.24) is 14.8 Å². The maximum Gasteiger partial charge on any atom is 0.236 e. The molecule has 1 aromatic heterocycles. The normalized spacial score (nSPS) is 15.8. The molecule has 0 bridgehead atoms. The fraction of sp³-hybridized carbons (Fsp3) is 0.667. The Labute approximate surface area is 115 Å². The van der Waals surface area contributed by atoms with Crippen LogP contribution in [0.5, 0.6) is 0 Å². The van der Waals surface area contributed by atoms with Crippen LogP contribution in [0.1, 0.15) is 36.2 Å². The molecule has 0 aromatic carbocycles. The molecule has 0 unspecified atom stereocenters. The molecule has 0 radical (unpaired) electrons. The SMILES string of the molecule is Cc1cc(CNCC(=O)N2CCCCC2)c(C)n1C. The first-order chi connectivity index (χ1) is 9.09. The maximum atomic E-state index is 12.0. The molecule has 19 heavy (non-hydrogen) atoms. The van der Waals surface area contributed by atoms with E-state index in [4.69, 9.17) is 0 Å². The first-order valence-electron chi connectivity index (χ1n) is 7.20. The number of rotatable bonds is 4. The number of piperidine rings is 1. The lowest BCUT2D eigenvalue weighted by Crippen LogP contribution is -2.41. The lowest BCUT2D eigenvalue weighted by Gasteiger charge is -2.26. The molecule has 1 fully saturated rings. The van der Waals surface area contributed by atoms with Crippen molar-refractivity contribution in [3.8, 4) is 0 Å². The first kappa shape index (κ1) is 14.1. The number of aryl methyl sites for hydroxylation is 1. The minimum Gasteiger partial charge on any atom is -0.352 e. The molecular formula is C15H25N3O. The highest BCUT2D eigenvalue weighted by Gasteiger charge is 2.15. The molecule has 0 spiro atoms. The third-order valence-corrected chi connectivity index (χ3v) is 4.18. The number of likely N-dealkylation sites (tertiary alicyclic amines) is 1. The van der Waals surface area contributed by atoms with Gasteiger partial charge >= 0.3 is 0 Å². The molecule has 0 saturated carbocycles. The minimum absolute atomic E-state index is 0.241. The van der Waals surface area contributed by atoms with Crippen molar-refractivity contribution in [3.63, 3.8) is 0 Å². The summed E-state index contributed by atoms with van der Waals surface area (Å²) >= 11 is 0. The molecule has 1 aliphatic heterocycles. The Balaban J connectivity index is 1.79. The Morgan fingerprint density at radius 3 is 2.53 bits per heavy atom. The molecule has 1 aliphatic rings. The van der Waals surface area contributed by atoms with Gasteiger partial charge in [0, 0.05) is 38.1 Å². The van der Waals surface area contributed by atoms with E-state index in [1.165, 1.54) is 23.4 Å². The van der Waals surface area contributed by atoms with Gasteiger partial charge in [0.15, 0.2) is 0 Å². The Morgan fingerprint density at radius 2 is 1.95 bits per heavy atom. The summed E-state index contributed by atoms with van der Waals surface area (Å²) in [4.78, 5) is 14.0. The Bertz CT molecular complexity index is 444. The van der Waals surface area contributed by atoms with Gasteiger partial charge in [0.25, 0.3) is 0 Å². The van der Waals surface area contributed by atoms with Crippen LogP contribution in [0.2, 0.25) is 0 Å². The average Bonchev–Trinajstić information content (AvgIpc) is 2.67. The van der Waals surface area contributed by atoms with Crippen LogP contribution < -0.4 is 5.32 Å². The molecule has 0 atom stereocenters. The summed E-state index contributed by atoms with van der Waals surface area (Å²) in [7, 11) is 2.08. The fourth-order valence-corrected chi connectivity index (χ4v) is 2.67. The highest BCUT2D eigenvalue weighted by Crippen LogP contribution is 2.13. The summed E-state index contributed by atoms with van der Waals surface area (Å²) in [5, 5.41) is 3.28. The van der Waals surface area contributed by atoms with Crippen LogP contribution in [0.15, 0.2) is 6.07 Å². The smallest absolute Gasteiger partial charge is 0.236 e.